The molecule has 1 rings (SSSR count). The highest BCUT2D eigenvalue weighted by atomic mass is 35.5. The molecule has 0 amide bonds. The summed E-state index contributed by atoms with van der Waals surface area (Å²) in [4.78, 5) is 10.5. The van der Waals surface area contributed by atoms with Crippen LogP contribution in [-0.4, -0.2) is 11.0 Å². The first-order valence-corrected chi connectivity index (χ1v) is 5.98. The minimum atomic E-state index is -0.420. The minimum Gasteiger partial charge on any atom is -0.377 e. The van der Waals surface area contributed by atoms with E-state index in [9.17, 15) is 10.1 Å². The highest BCUT2D eigenvalue weighted by Gasteiger charge is 2.16. The SMILES string of the molecule is CC(C)CC(C)Nc1ccc(Cl)cc1[N+](=O)[O-]. The van der Waals surface area contributed by atoms with E-state index < -0.39 is 4.92 Å². The lowest BCUT2D eigenvalue weighted by Crippen LogP contribution is -2.18. The predicted octanol–water partition coefficient (Wildman–Crippen LogP) is 4.09. The molecule has 94 valence electrons. The molecule has 0 heterocycles. The molecule has 0 aliphatic carbocycles. The smallest absolute Gasteiger partial charge is 0.293 e. The molecule has 0 saturated heterocycles. The highest BCUT2D eigenvalue weighted by molar-refractivity contribution is 6.30. The second kappa shape index (κ2) is 5.87. The van der Waals surface area contributed by atoms with Gasteiger partial charge in [0.25, 0.3) is 5.69 Å². The zero-order chi connectivity index (χ0) is 13.0. The number of nitro groups is 1. The summed E-state index contributed by atoms with van der Waals surface area (Å²) in [6.07, 6.45) is 0.958. The Kier molecular flexibility index (Phi) is 4.75. The normalized spacial score (nSPS) is 12.5. The van der Waals surface area contributed by atoms with Crippen molar-refractivity contribution in [2.24, 2.45) is 5.92 Å². The third-order valence-corrected chi connectivity index (χ3v) is 2.62. The Labute approximate surface area is 106 Å². The van der Waals surface area contributed by atoms with Crippen LogP contribution in [0.2, 0.25) is 5.02 Å². The maximum Gasteiger partial charge on any atom is 0.293 e. The number of benzene rings is 1. The second-order valence-corrected chi connectivity index (χ2v) is 5.03. The monoisotopic (exact) mass is 256 g/mol. The van der Waals surface area contributed by atoms with Gasteiger partial charge < -0.3 is 5.32 Å². The molecule has 0 saturated carbocycles. The molecular formula is C12H17ClN2O2. The highest BCUT2D eigenvalue weighted by Crippen LogP contribution is 2.28. The van der Waals surface area contributed by atoms with Crippen molar-refractivity contribution >= 4 is 23.0 Å². The summed E-state index contributed by atoms with van der Waals surface area (Å²) in [6, 6.07) is 4.86. The molecule has 0 bridgehead atoms. The molecule has 4 nitrogen and oxygen atoms in total. The van der Waals surface area contributed by atoms with Crippen molar-refractivity contribution in [2.45, 2.75) is 33.2 Å². The molecule has 0 fully saturated rings. The first-order chi connectivity index (χ1) is 7.90. The van der Waals surface area contributed by atoms with Crippen LogP contribution in [0.5, 0.6) is 0 Å². The largest absolute Gasteiger partial charge is 0.377 e. The molecule has 1 unspecified atom stereocenters. The fourth-order valence-electron chi connectivity index (χ4n) is 1.81. The number of hydrogen-bond acceptors (Lipinski definition) is 3. The topological polar surface area (TPSA) is 55.2 Å². The van der Waals surface area contributed by atoms with Crippen LogP contribution in [-0.2, 0) is 0 Å². The molecule has 0 aliphatic rings. The molecule has 17 heavy (non-hydrogen) atoms. The fraction of sp³-hybridized carbons (Fsp3) is 0.500. The van der Waals surface area contributed by atoms with E-state index in [4.69, 9.17) is 11.6 Å². The standard InChI is InChI=1S/C12H17ClN2O2/c1-8(2)6-9(3)14-11-5-4-10(13)7-12(11)15(16)17/h4-5,7-9,14H,6H2,1-3H3. The summed E-state index contributed by atoms with van der Waals surface area (Å²) in [7, 11) is 0. The van der Waals surface area contributed by atoms with Crippen molar-refractivity contribution in [3.05, 3.63) is 33.3 Å². The van der Waals surface area contributed by atoms with Crippen molar-refractivity contribution < 1.29 is 4.92 Å². The van der Waals surface area contributed by atoms with Gasteiger partial charge in [0.15, 0.2) is 0 Å². The maximum atomic E-state index is 10.9. The van der Waals surface area contributed by atoms with Gasteiger partial charge in [-0.3, -0.25) is 10.1 Å². The van der Waals surface area contributed by atoms with Crippen molar-refractivity contribution in [1.29, 1.82) is 0 Å². The quantitative estimate of drug-likeness (QED) is 0.638. The molecule has 5 heteroatoms. The van der Waals surface area contributed by atoms with Crippen LogP contribution >= 0.6 is 11.6 Å². The van der Waals surface area contributed by atoms with Crippen LogP contribution in [0.4, 0.5) is 11.4 Å². The van der Waals surface area contributed by atoms with Gasteiger partial charge in [-0.25, -0.2) is 0 Å². The number of nitro benzene ring substituents is 1. The van der Waals surface area contributed by atoms with Gasteiger partial charge in [-0.15, -0.1) is 0 Å². The lowest BCUT2D eigenvalue weighted by atomic mass is 10.0. The molecule has 1 atom stereocenters. The van der Waals surface area contributed by atoms with Gasteiger partial charge in [0.1, 0.15) is 5.69 Å². The fourth-order valence-corrected chi connectivity index (χ4v) is 1.98. The third kappa shape index (κ3) is 4.23. The molecule has 1 aromatic rings. The van der Waals surface area contributed by atoms with Crippen LogP contribution < -0.4 is 5.32 Å². The van der Waals surface area contributed by atoms with Crippen molar-refractivity contribution in [2.75, 3.05) is 5.32 Å². The van der Waals surface area contributed by atoms with Gasteiger partial charge in [0, 0.05) is 17.1 Å². The lowest BCUT2D eigenvalue weighted by Gasteiger charge is -2.17. The number of hydrogen-bond donors (Lipinski definition) is 1. The van der Waals surface area contributed by atoms with E-state index in [0.717, 1.165) is 6.42 Å². The van der Waals surface area contributed by atoms with Gasteiger partial charge in [-0.2, -0.15) is 0 Å². The molecule has 0 aromatic heterocycles. The molecule has 0 radical (unpaired) electrons. The summed E-state index contributed by atoms with van der Waals surface area (Å²) < 4.78 is 0. The van der Waals surface area contributed by atoms with Crippen molar-refractivity contribution in [1.82, 2.24) is 0 Å². The Morgan fingerprint density at radius 2 is 2.06 bits per heavy atom. The Balaban J connectivity index is 2.86. The van der Waals surface area contributed by atoms with Gasteiger partial charge >= 0.3 is 0 Å². The van der Waals surface area contributed by atoms with Crippen LogP contribution in [0, 0.1) is 16.0 Å². The van der Waals surface area contributed by atoms with Crippen molar-refractivity contribution in [3.63, 3.8) is 0 Å². The van der Waals surface area contributed by atoms with Crippen LogP contribution in [0.25, 0.3) is 0 Å². The average Bonchev–Trinajstić information content (AvgIpc) is 2.19. The average molecular weight is 257 g/mol. The number of nitrogens with zero attached hydrogens (tertiary/aromatic N) is 1. The maximum absolute atomic E-state index is 10.9. The van der Waals surface area contributed by atoms with E-state index >= 15 is 0 Å². The first-order valence-electron chi connectivity index (χ1n) is 5.60. The summed E-state index contributed by atoms with van der Waals surface area (Å²) in [6.45, 7) is 6.25. The molecular weight excluding hydrogens is 240 g/mol. The number of nitrogens with one attached hydrogen (secondary N) is 1. The van der Waals surface area contributed by atoms with Crippen LogP contribution in [0.3, 0.4) is 0 Å². The Morgan fingerprint density at radius 3 is 2.59 bits per heavy atom. The Bertz CT molecular complexity index is 407. The van der Waals surface area contributed by atoms with Gasteiger partial charge in [-0.1, -0.05) is 25.4 Å². The zero-order valence-corrected chi connectivity index (χ0v) is 11.0. The van der Waals surface area contributed by atoms with E-state index in [-0.39, 0.29) is 11.7 Å². The molecule has 0 spiro atoms. The van der Waals surface area contributed by atoms with E-state index in [0.29, 0.717) is 16.6 Å². The minimum absolute atomic E-state index is 0.0214. The van der Waals surface area contributed by atoms with Crippen molar-refractivity contribution in [3.8, 4) is 0 Å². The second-order valence-electron chi connectivity index (χ2n) is 4.59. The molecule has 1 aromatic carbocycles. The number of anilines is 1. The van der Waals surface area contributed by atoms with Gasteiger partial charge in [0.05, 0.1) is 4.92 Å². The van der Waals surface area contributed by atoms with Crippen LogP contribution in [0.15, 0.2) is 18.2 Å². The van der Waals surface area contributed by atoms with Gasteiger partial charge in [-0.05, 0) is 31.4 Å². The summed E-state index contributed by atoms with van der Waals surface area (Å²) >= 11 is 5.75. The summed E-state index contributed by atoms with van der Waals surface area (Å²) in [5.41, 5.74) is 0.542. The third-order valence-electron chi connectivity index (χ3n) is 2.38. The van der Waals surface area contributed by atoms with E-state index in [1.165, 1.54) is 6.07 Å². The summed E-state index contributed by atoms with van der Waals surface area (Å²) in [5, 5.41) is 14.4. The van der Waals surface area contributed by atoms with Gasteiger partial charge in [0.2, 0.25) is 0 Å². The lowest BCUT2D eigenvalue weighted by molar-refractivity contribution is -0.384. The summed E-state index contributed by atoms with van der Waals surface area (Å²) in [5.74, 6) is 0.545. The van der Waals surface area contributed by atoms with Crippen LogP contribution in [0.1, 0.15) is 27.2 Å². The first kappa shape index (κ1) is 13.8. The van der Waals surface area contributed by atoms with E-state index in [1.807, 2.05) is 6.92 Å². The predicted molar refractivity (Wildman–Crippen MR) is 70.6 cm³/mol. The number of rotatable bonds is 5. The molecule has 1 N–H and O–H groups in total. The Morgan fingerprint density at radius 1 is 1.41 bits per heavy atom. The zero-order valence-electron chi connectivity index (χ0n) is 10.2. The number of halogens is 1. The molecule has 0 aliphatic heterocycles. The Hall–Kier alpha value is -1.29. The van der Waals surface area contributed by atoms with E-state index in [1.54, 1.807) is 12.1 Å². The van der Waals surface area contributed by atoms with E-state index in [2.05, 4.69) is 19.2 Å².